The third kappa shape index (κ3) is 3.48. The first-order valence-corrected chi connectivity index (χ1v) is 9.34. The van der Waals surface area contributed by atoms with E-state index in [1.807, 2.05) is 0 Å². The van der Waals surface area contributed by atoms with Crippen molar-refractivity contribution in [1.29, 1.82) is 0 Å². The van der Waals surface area contributed by atoms with E-state index in [2.05, 4.69) is 9.97 Å². The van der Waals surface area contributed by atoms with E-state index in [1.165, 1.54) is 41.2 Å². The number of nitrogens with zero attached hydrogens (tertiary/aromatic N) is 3. The molecule has 0 aliphatic carbocycles. The van der Waals surface area contributed by atoms with Crippen molar-refractivity contribution >= 4 is 9.84 Å². The summed E-state index contributed by atoms with van der Waals surface area (Å²) in [6, 6.07) is 7.24. The lowest BCUT2D eigenvalue weighted by Gasteiger charge is -2.10. The van der Waals surface area contributed by atoms with Gasteiger partial charge in [0.1, 0.15) is 5.82 Å². The molecule has 3 aromatic rings. The fourth-order valence-corrected chi connectivity index (χ4v) is 3.09. The topological polar surface area (TPSA) is 64.8 Å². The van der Waals surface area contributed by atoms with Gasteiger partial charge in [-0.1, -0.05) is 0 Å². The van der Waals surface area contributed by atoms with Gasteiger partial charge in [0, 0.05) is 36.1 Å². The highest BCUT2D eigenvalue weighted by molar-refractivity contribution is 7.90. The number of imidazole rings is 1. The molecule has 3 rings (SSSR count). The molecule has 0 radical (unpaired) electrons. The predicted octanol–water partition coefficient (Wildman–Crippen LogP) is 3.67. The lowest BCUT2D eigenvalue weighted by Crippen LogP contribution is -2.05. The second kappa shape index (κ2) is 6.24. The van der Waals surface area contributed by atoms with Gasteiger partial charge in [0.05, 0.1) is 4.90 Å². The minimum absolute atomic E-state index is 0.0787. The molecule has 0 unspecified atom stereocenters. The average Bonchev–Trinajstić information content (AvgIpc) is 3.00. The lowest BCUT2D eigenvalue weighted by molar-refractivity contribution is -0.140. The Morgan fingerprint density at radius 3 is 2.27 bits per heavy atom. The van der Waals surface area contributed by atoms with Gasteiger partial charge >= 0.3 is 6.18 Å². The first kappa shape index (κ1) is 18.1. The van der Waals surface area contributed by atoms with Gasteiger partial charge in [-0.25, -0.2) is 13.4 Å². The number of pyridine rings is 1. The van der Waals surface area contributed by atoms with Gasteiger partial charge in [0.15, 0.2) is 15.5 Å². The van der Waals surface area contributed by atoms with Gasteiger partial charge in [-0.05, 0) is 42.8 Å². The summed E-state index contributed by atoms with van der Waals surface area (Å²) in [4.78, 5) is 7.78. The molecule has 0 bridgehead atoms. The van der Waals surface area contributed by atoms with Crippen LogP contribution in [0.5, 0.6) is 0 Å². The number of hydrogen-bond donors (Lipinski definition) is 0. The van der Waals surface area contributed by atoms with Gasteiger partial charge in [0.2, 0.25) is 0 Å². The first-order chi connectivity index (χ1) is 12.1. The Hall–Kier alpha value is -2.68. The minimum atomic E-state index is -4.61. The second-order valence-corrected chi connectivity index (χ2v) is 7.79. The second-order valence-electron chi connectivity index (χ2n) is 5.77. The number of aryl methyl sites for hydroxylation is 1. The number of hydrogen-bond acceptors (Lipinski definition) is 4. The smallest absolute Gasteiger partial charge is 0.299 e. The largest absolute Gasteiger partial charge is 0.434 e. The van der Waals surface area contributed by atoms with Crippen molar-refractivity contribution < 1.29 is 21.6 Å². The van der Waals surface area contributed by atoms with Crippen LogP contribution in [0.1, 0.15) is 11.3 Å². The fourth-order valence-electron chi connectivity index (χ4n) is 2.46. The van der Waals surface area contributed by atoms with Crippen LogP contribution in [0, 0.1) is 6.92 Å². The molecule has 0 saturated carbocycles. The van der Waals surface area contributed by atoms with Crippen molar-refractivity contribution in [3.63, 3.8) is 0 Å². The van der Waals surface area contributed by atoms with E-state index in [0.717, 1.165) is 12.5 Å². The number of halogens is 3. The molecule has 0 N–H and O–H groups in total. The highest BCUT2D eigenvalue weighted by atomic mass is 32.2. The van der Waals surface area contributed by atoms with Crippen LogP contribution in [0.4, 0.5) is 13.2 Å². The Bertz CT molecular complexity index is 1060. The van der Waals surface area contributed by atoms with Crippen LogP contribution in [0.25, 0.3) is 17.1 Å². The molecular weight excluding hydrogens is 367 g/mol. The number of rotatable bonds is 3. The van der Waals surface area contributed by atoms with Crippen LogP contribution in [-0.2, 0) is 16.0 Å². The maximum absolute atomic E-state index is 13.2. The molecule has 5 nitrogen and oxygen atoms in total. The van der Waals surface area contributed by atoms with Crippen molar-refractivity contribution in [1.82, 2.24) is 14.5 Å². The Morgan fingerprint density at radius 1 is 1.08 bits per heavy atom. The van der Waals surface area contributed by atoms with Crippen LogP contribution >= 0.6 is 0 Å². The summed E-state index contributed by atoms with van der Waals surface area (Å²) in [5.74, 6) is 0.0787. The Morgan fingerprint density at radius 2 is 1.73 bits per heavy atom. The molecule has 0 fully saturated rings. The van der Waals surface area contributed by atoms with Gasteiger partial charge in [-0.15, -0.1) is 0 Å². The lowest BCUT2D eigenvalue weighted by atomic mass is 10.1. The van der Waals surface area contributed by atoms with Gasteiger partial charge in [-0.3, -0.25) is 9.55 Å². The molecule has 1 aromatic carbocycles. The molecule has 0 aliphatic heterocycles. The summed E-state index contributed by atoms with van der Waals surface area (Å²) in [6.45, 7) is 1.75. The summed E-state index contributed by atoms with van der Waals surface area (Å²) in [5, 5.41) is 0. The molecule has 0 aliphatic rings. The van der Waals surface area contributed by atoms with Crippen molar-refractivity contribution in [3.8, 4) is 17.1 Å². The Kier molecular flexibility index (Phi) is 4.35. The zero-order valence-corrected chi connectivity index (χ0v) is 14.6. The van der Waals surface area contributed by atoms with Gasteiger partial charge < -0.3 is 0 Å². The van der Waals surface area contributed by atoms with Crippen LogP contribution in [0.15, 0.2) is 53.8 Å². The highest BCUT2D eigenvalue weighted by Crippen LogP contribution is 2.33. The fraction of sp³-hybridized carbons (Fsp3) is 0.176. The van der Waals surface area contributed by atoms with Crippen LogP contribution < -0.4 is 0 Å². The Labute approximate surface area is 148 Å². The molecule has 0 atom stereocenters. The molecule has 136 valence electrons. The molecule has 0 amide bonds. The molecule has 0 saturated heterocycles. The third-order valence-electron chi connectivity index (χ3n) is 3.82. The van der Waals surface area contributed by atoms with Crippen molar-refractivity contribution in [2.75, 3.05) is 6.26 Å². The quantitative estimate of drug-likeness (QED) is 0.695. The summed E-state index contributed by atoms with van der Waals surface area (Å²) in [7, 11) is -3.40. The number of benzene rings is 1. The van der Waals surface area contributed by atoms with E-state index in [0.29, 0.717) is 16.8 Å². The van der Waals surface area contributed by atoms with E-state index in [4.69, 9.17) is 0 Å². The van der Waals surface area contributed by atoms with Crippen LogP contribution in [0.3, 0.4) is 0 Å². The molecule has 9 heteroatoms. The zero-order chi connectivity index (χ0) is 19.1. The average molecular weight is 381 g/mol. The first-order valence-electron chi connectivity index (χ1n) is 7.45. The van der Waals surface area contributed by atoms with E-state index < -0.39 is 21.7 Å². The van der Waals surface area contributed by atoms with Crippen LogP contribution in [0.2, 0.25) is 0 Å². The van der Waals surface area contributed by atoms with E-state index in [9.17, 15) is 21.6 Å². The molecular formula is C17H14F3N3O2S. The maximum atomic E-state index is 13.2. The highest BCUT2D eigenvalue weighted by Gasteiger charge is 2.35. The summed E-state index contributed by atoms with van der Waals surface area (Å²) in [5.41, 5.74) is 0.491. The van der Waals surface area contributed by atoms with Crippen molar-refractivity contribution in [2.24, 2.45) is 0 Å². The van der Waals surface area contributed by atoms with E-state index in [1.54, 1.807) is 13.0 Å². The maximum Gasteiger partial charge on any atom is 0.434 e. The molecule has 2 heterocycles. The normalized spacial score (nSPS) is 12.3. The summed E-state index contributed by atoms with van der Waals surface area (Å²) >= 11 is 0. The zero-order valence-electron chi connectivity index (χ0n) is 13.8. The Balaban J connectivity index is 2.20. The predicted molar refractivity (Wildman–Crippen MR) is 89.6 cm³/mol. The number of aromatic nitrogens is 3. The SMILES string of the molecule is Cc1ccncc1-c1nc(C(F)(F)F)cn1-c1ccc(S(C)(=O)=O)cc1. The van der Waals surface area contributed by atoms with Gasteiger partial charge in [0.25, 0.3) is 0 Å². The van der Waals surface area contributed by atoms with E-state index in [-0.39, 0.29) is 10.7 Å². The third-order valence-corrected chi connectivity index (χ3v) is 4.95. The monoisotopic (exact) mass is 381 g/mol. The standard InChI is InChI=1S/C17H14F3N3O2S/c1-11-7-8-21-9-14(11)16-22-15(17(18,19)20)10-23(16)12-3-5-13(6-4-12)26(2,24)25/h3-10H,1-2H3. The summed E-state index contributed by atoms with van der Waals surface area (Å²) in [6.07, 6.45) is 0.322. The summed E-state index contributed by atoms with van der Waals surface area (Å²) < 4.78 is 63.9. The van der Waals surface area contributed by atoms with Crippen molar-refractivity contribution in [3.05, 3.63) is 60.2 Å². The number of sulfone groups is 1. The van der Waals surface area contributed by atoms with Crippen LogP contribution in [-0.4, -0.2) is 29.2 Å². The van der Waals surface area contributed by atoms with E-state index >= 15 is 0 Å². The molecule has 2 aromatic heterocycles. The van der Waals surface area contributed by atoms with Gasteiger partial charge in [-0.2, -0.15) is 13.2 Å². The number of alkyl halides is 3. The minimum Gasteiger partial charge on any atom is -0.299 e. The van der Waals surface area contributed by atoms with Crippen molar-refractivity contribution in [2.45, 2.75) is 18.0 Å². The molecule has 0 spiro atoms. The molecule has 26 heavy (non-hydrogen) atoms.